The van der Waals surface area contributed by atoms with Crippen LogP contribution in [-0.4, -0.2) is 17.8 Å². The fourth-order valence-corrected chi connectivity index (χ4v) is 3.78. The fraction of sp³-hybridized carbons (Fsp3) is 0.316. The van der Waals surface area contributed by atoms with Gasteiger partial charge in [-0.2, -0.15) is 0 Å². The molecule has 24 heavy (non-hydrogen) atoms. The normalized spacial score (nSPS) is 17.5. The maximum absolute atomic E-state index is 12.5. The molecule has 2 aromatic carbocycles. The molecule has 1 amide bonds. The van der Waals surface area contributed by atoms with Gasteiger partial charge in [0.15, 0.2) is 0 Å². The smallest absolute Gasteiger partial charge is 0.233 e. The Kier molecular flexibility index (Phi) is 5.85. The molecule has 0 bridgehead atoms. The van der Waals surface area contributed by atoms with Crippen LogP contribution < -0.4 is 10.1 Å². The van der Waals surface area contributed by atoms with Crippen molar-refractivity contribution in [2.24, 2.45) is 0 Å². The number of thioether (sulfide) groups is 1. The lowest BCUT2D eigenvalue weighted by molar-refractivity contribution is -0.121. The average molecular weight is 406 g/mol. The van der Waals surface area contributed by atoms with Gasteiger partial charge < -0.3 is 10.1 Å². The highest BCUT2D eigenvalue weighted by Crippen LogP contribution is 2.32. The number of para-hydroxylation sites is 1. The van der Waals surface area contributed by atoms with E-state index in [2.05, 4.69) is 33.4 Å². The van der Waals surface area contributed by atoms with Crippen molar-refractivity contribution in [2.45, 2.75) is 30.4 Å². The van der Waals surface area contributed by atoms with Crippen LogP contribution in [0.1, 0.15) is 30.5 Å². The summed E-state index contributed by atoms with van der Waals surface area (Å²) in [6.45, 7) is 2.60. The number of benzene rings is 2. The van der Waals surface area contributed by atoms with E-state index in [9.17, 15) is 4.79 Å². The van der Waals surface area contributed by atoms with E-state index in [0.29, 0.717) is 6.61 Å². The molecule has 0 aromatic heterocycles. The molecule has 0 saturated carbocycles. The Labute approximate surface area is 155 Å². The van der Waals surface area contributed by atoms with E-state index in [0.717, 1.165) is 28.0 Å². The first-order valence-corrected chi connectivity index (χ1v) is 9.86. The molecule has 0 fully saturated rings. The first-order chi connectivity index (χ1) is 11.6. The van der Waals surface area contributed by atoms with Crippen LogP contribution in [0.3, 0.4) is 0 Å². The van der Waals surface area contributed by atoms with Crippen molar-refractivity contribution in [3.8, 4) is 5.75 Å². The molecule has 3 rings (SSSR count). The number of hydrogen-bond donors (Lipinski definition) is 1. The standard InChI is InChI=1S/C19H20BrNO2S/c1-13(24-12-14-6-8-15(20)9-7-14)19(22)21-17-10-11-23-18-5-3-2-4-16(17)18/h2-9,13,17H,10-12H2,1H3,(H,21,22)/t13-,17-/m1/s1. The number of hydrogen-bond acceptors (Lipinski definition) is 3. The van der Waals surface area contributed by atoms with E-state index >= 15 is 0 Å². The molecule has 0 spiro atoms. The van der Waals surface area contributed by atoms with Crippen molar-refractivity contribution in [1.29, 1.82) is 0 Å². The summed E-state index contributed by atoms with van der Waals surface area (Å²) in [5.41, 5.74) is 2.29. The molecule has 1 heterocycles. The van der Waals surface area contributed by atoms with Gasteiger partial charge in [0.05, 0.1) is 17.9 Å². The summed E-state index contributed by atoms with van der Waals surface area (Å²) in [5, 5.41) is 3.08. The number of halogens is 1. The fourth-order valence-electron chi connectivity index (χ4n) is 2.66. The zero-order valence-corrected chi connectivity index (χ0v) is 15.9. The first-order valence-electron chi connectivity index (χ1n) is 8.01. The molecular weight excluding hydrogens is 386 g/mol. The Hall–Kier alpha value is -1.46. The van der Waals surface area contributed by atoms with Crippen molar-refractivity contribution in [2.75, 3.05) is 6.61 Å². The Morgan fingerprint density at radius 1 is 1.29 bits per heavy atom. The highest BCUT2D eigenvalue weighted by molar-refractivity contribution is 9.10. The minimum atomic E-state index is -0.0938. The van der Waals surface area contributed by atoms with Gasteiger partial charge >= 0.3 is 0 Å². The predicted molar refractivity (Wildman–Crippen MR) is 102 cm³/mol. The van der Waals surface area contributed by atoms with E-state index in [1.165, 1.54) is 5.56 Å². The third-order valence-corrected chi connectivity index (χ3v) is 5.80. The van der Waals surface area contributed by atoms with Gasteiger partial charge in [0.25, 0.3) is 0 Å². The van der Waals surface area contributed by atoms with Gasteiger partial charge in [-0.3, -0.25) is 4.79 Å². The van der Waals surface area contributed by atoms with Crippen LogP contribution >= 0.6 is 27.7 Å². The zero-order chi connectivity index (χ0) is 16.9. The summed E-state index contributed by atoms with van der Waals surface area (Å²) in [7, 11) is 0. The SMILES string of the molecule is C[C@@H](SCc1ccc(Br)cc1)C(=O)N[C@@H]1CCOc2ccccc21. The lowest BCUT2D eigenvalue weighted by Crippen LogP contribution is -2.36. The lowest BCUT2D eigenvalue weighted by Gasteiger charge is -2.27. The van der Waals surface area contributed by atoms with Crippen LogP contribution in [0.15, 0.2) is 53.0 Å². The number of carbonyl (C=O) groups excluding carboxylic acids is 1. The lowest BCUT2D eigenvalue weighted by atomic mass is 10.0. The molecule has 2 atom stereocenters. The molecular formula is C19H20BrNO2S. The number of rotatable bonds is 5. The minimum absolute atomic E-state index is 0.0400. The second kappa shape index (κ2) is 8.08. The van der Waals surface area contributed by atoms with Crippen molar-refractivity contribution in [3.63, 3.8) is 0 Å². The first kappa shape index (κ1) is 17.4. The maximum atomic E-state index is 12.5. The van der Waals surface area contributed by atoms with Gasteiger partial charge in [0.2, 0.25) is 5.91 Å². The van der Waals surface area contributed by atoms with Crippen LogP contribution in [0.4, 0.5) is 0 Å². The van der Waals surface area contributed by atoms with E-state index in [-0.39, 0.29) is 17.2 Å². The van der Waals surface area contributed by atoms with Crippen LogP contribution in [0.2, 0.25) is 0 Å². The van der Waals surface area contributed by atoms with Gasteiger partial charge in [-0.05, 0) is 30.7 Å². The van der Waals surface area contributed by atoms with Crippen LogP contribution in [0.5, 0.6) is 5.75 Å². The number of ether oxygens (including phenoxy) is 1. The van der Waals surface area contributed by atoms with Crippen molar-refractivity contribution < 1.29 is 9.53 Å². The zero-order valence-electron chi connectivity index (χ0n) is 13.5. The quantitative estimate of drug-likeness (QED) is 0.782. The molecule has 1 aliphatic rings. The summed E-state index contributed by atoms with van der Waals surface area (Å²) in [6.07, 6.45) is 0.812. The van der Waals surface area contributed by atoms with Gasteiger partial charge in [-0.25, -0.2) is 0 Å². The Morgan fingerprint density at radius 3 is 2.83 bits per heavy atom. The molecule has 0 aliphatic carbocycles. The number of nitrogens with one attached hydrogen (secondary N) is 1. The number of carbonyl (C=O) groups is 1. The van der Waals surface area contributed by atoms with Crippen molar-refractivity contribution in [3.05, 3.63) is 64.1 Å². The van der Waals surface area contributed by atoms with Crippen molar-refractivity contribution >= 4 is 33.6 Å². The van der Waals surface area contributed by atoms with E-state index < -0.39 is 0 Å². The van der Waals surface area contributed by atoms with E-state index in [4.69, 9.17) is 4.74 Å². The van der Waals surface area contributed by atoms with Gasteiger partial charge in [-0.1, -0.05) is 46.3 Å². The third kappa shape index (κ3) is 4.33. The number of amides is 1. The monoisotopic (exact) mass is 405 g/mol. The molecule has 5 heteroatoms. The molecule has 1 N–H and O–H groups in total. The molecule has 126 valence electrons. The molecule has 0 saturated heterocycles. The maximum Gasteiger partial charge on any atom is 0.233 e. The van der Waals surface area contributed by atoms with Crippen molar-refractivity contribution in [1.82, 2.24) is 5.32 Å². The average Bonchev–Trinajstić information content (AvgIpc) is 2.61. The summed E-state index contributed by atoms with van der Waals surface area (Å²) in [5.74, 6) is 1.79. The molecule has 2 aromatic rings. The Bertz CT molecular complexity index is 705. The topological polar surface area (TPSA) is 38.3 Å². The largest absolute Gasteiger partial charge is 0.493 e. The van der Waals surface area contributed by atoms with Gasteiger partial charge in [0.1, 0.15) is 5.75 Å². The molecule has 1 aliphatic heterocycles. The van der Waals surface area contributed by atoms with Crippen LogP contribution in [0.25, 0.3) is 0 Å². The van der Waals surface area contributed by atoms with Crippen LogP contribution in [0, 0.1) is 0 Å². The summed E-state index contributed by atoms with van der Waals surface area (Å²) in [4.78, 5) is 12.5. The second-order valence-electron chi connectivity index (χ2n) is 5.82. The van der Waals surface area contributed by atoms with Gasteiger partial charge in [0, 0.05) is 22.2 Å². The van der Waals surface area contributed by atoms with Crippen LogP contribution in [-0.2, 0) is 10.5 Å². The molecule has 3 nitrogen and oxygen atoms in total. The predicted octanol–water partition coefficient (Wildman–Crippen LogP) is 4.71. The van der Waals surface area contributed by atoms with E-state index in [1.807, 2.05) is 43.3 Å². The highest BCUT2D eigenvalue weighted by Gasteiger charge is 2.24. The molecule has 0 radical (unpaired) electrons. The van der Waals surface area contributed by atoms with Gasteiger partial charge in [-0.15, -0.1) is 11.8 Å². The van der Waals surface area contributed by atoms with E-state index in [1.54, 1.807) is 11.8 Å². The summed E-state index contributed by atoms with van der Waals surface area (Å²) >= 11 is 5.09. The Morgan fingerprint density at radius 2 is 2.04 bits per heavy atom. The summed E-state index contributed by atoms with van der Waals surface area (Å²) in [6, 6.07) is 16.2. The third-order valence-electron chi connectivity index (χ3n) is 4.06. The number of fused-ring (bicyclic) bond motifs is 1. The highest BCUT2D eigenvalue weighted by atomic mass is 79.9. The summed E-state index contributed by atoms with van der Waals surface area (Å²) < 4.78 is 6.72. The Balaban J connectivity index is 1.56. The molecule has 0 unspecified atom stereocenters. The second-order valence-corrected chi connectivity index (χ2v) is 8.06. The minimum Gasteiger partial charge on any atom is -0.493 e.